The van der Waals surface area contributed by atoms with Crippen molar-refractivity contribution in [2.75, 3.05) is 5.32 Å². The Balaban J connectivity index is 1.86. The number of benzene rings is 1. The molecule has 0 spiro atoms. The molecule has 0 radical (unpaired) electrons. The van der Waals surface area contributed by atoms with E-state index in [2.05, 4.69) is 5.32 Å². The molecule has 1 aromatic carbocycles. The lowest BCUT2D eigenvalue weighted by Crippen LogP contribution is -2.39. The van der Waals surface area contributed by atoms with E-state index in [1.807, 2.05) is 32.0 Å². The van der Waals surface area contributed by atoms with E-state index in [0.29, 0.717) is 0 Å². The van der Waals surface area contributed by atoms with Gasteiger partial charge in [-0.3, -0.25) is 9.59 Å². The van der Waals surface area contributed by atoms with E-state index in [9.17, 15) is 14.7 Å². The largest absolute Gasteiger partial charge is 0.481 e. The van der Waals surface area contributed by atoms with Crippen molar-refractivity contribution in [3.8, 4) is 0 Å². The molecule has 2 aliphatic heterocycles. The molecule has 5 heteroatoms. The summed E-state index contributed by atoms with van der Waals surface area (Å²) in [6.45, 7) is 3.95. The van der Waals surface area contributed by atoms with Gasteiger partial charge in [0.25, 0.3) is 0 Å². The van der Waals surface area contributed by atoms with E-state index in [1.54, 1.807) is 12.2 Å². The topological polar surface area (TPSA) is 75.6 Å². The maximum atomic E-state index is 12.7. The minimum Gasteiger partial charge on any atom is -0.481 e. The van der Waals surface area contributed by atoms with Crippen LogP contribution in [0.3, 0.4) is 0 Å². The Hall–Kier alpha value is -2.14. The van der Waals surface area contributed by atoms with Crippen molar-refractivity contribution in [1.82, 2.24) is 0 Å². The van der Waals surface area contributed by atoms with Crippen LogP contribution in [0.25, 0.3) is 0 Å². The van der Waals surface area contributed by atoms with E-state index in [1.165, 1.54) is 0 Å². The number of hydrogen-bond donors (Lipinski definition) is 2. The SMILES string of the molecule is CCc1cccc(C)c1NC(=O)[C@H]1[C@@H](C(=O)O)[C@H]2C=C[C@@H]1O2. The van der Waals surface area contributed by atoms with Crippen LogP contribution in [0.1, 0.15) is 18.1 Å². The maximum Gasteiger partial charge on any atom is 0.310 e. The number of nitrogens with one attached hydrogen (secondary N) is 1. The summed E-state index contributed by atoms with van der Waals surface area (Å²) < 4.78 is 5.55. The number of para-hydroxylation sites is 1. The van der Waals surface area contributed by atoms with Crippen LogP contribution in [0, 0.1) is 18.8 Å². The predicted molar refractivity (Wildman–Crippen MR) is 81.6 cm³/mol. The van der Waals surface area contributed by atoms with Gasteiger partial charge in [0.05, 0.1) is 18.1 Å². The highest BCUT2D eigenvalue weighted by Crippen LogP contribution is 2.40. The predicted octanol–water partition coefficient (Wildman–Crippen LogP) is 2.15. The number of carboxylic acids is 1. The van der Waals surface area contributed by atoms with E-state index in [4.69, 9.17) is 4.74 Å². The lowest BCUT2D eigenvalue weighted by Gasteiger charge is -2.22. The normalized spacial score (nSPS) is 28.8. The van der Waals surface area contributed by atoms with Crippen LogP contribution in [0.2, 0.25) is 0 Å². The third kappa shape index (κ3) is 2.31. The number of aryl methyl sites for hydroxylation is 2. The monoisotopic (exact) mass is 301 g/mol. The van der Waals surface area contributed by atoms with Crippen LogP contribution in [0.4, 0.5) is 5.69 Å². The number of rotatable bonds is 4. The van der Waals surface area contributed by atoms with Gasteiger partial charge in [-0.15, -0.1) is 0 Å². The summed E-state index contributed by atoms with van der Waals surface area (Å²) in [5, 5.41) is 12.3. The number of carboxylic acid groups (broad SMARTS) is 1. The van der Waals surface area contributed by atoms with Gasteiger partial charge >= 0.3 is 5.97 Å². The summed E-state index contributed by atoms with van der Waals surface area (Å²) in [5.74, 6) is -2.77. The fourth-order valence-corrected chi connectivity index (χ4v) is 3.32. The zero-order chi connectivity index (χ0) is 15.9. The summed E-state index contributed by atoms with van der Waals surface area (Å²) in [5.41, 5.74) is 2.80. The average Bonchev–Trinajstić information content (AvgIpc) is 3.09. The molecule has 4 atom stereocenters. The molecule has 5 nitrogen and oxygen atoms in total. The molecular weight excluding hydrogens is 282 g/mol. The van der Waals surface area contributed by atoms with Gasteiger partial charge in [0.2, 0.25) is 5.91 Å². The van der Waals surface area contributed by atoms with Crippen molar-refractivity contribution in [1.29, 1.82) is 0 Å². The second kappa shape index (κ2) is 5.57. The Bertz CT molecular complexity index is 652. The number of carbonyl (C=O) groups is 2. The maximum absolute atomic E-state index is 12.7. The first-order chi connectivity index (χ1) is 10.5. The number of ether oxygens (including phenoxy) is 1. The third-order valence-electron chi connectivity index (χ3n) is 4.48. The molecule has 0 saturated carbocycles. The zero-order valence-corrected chi connectivity index (χ0v) is 12.6. The fourth-order valence-electron chi connectivity index (χ4n) is 3.32. The molecule has 2 N–H and O–H groups in total. The summed E-state index contributed by atoms with van der Waals surface area (Å²) in [6, 6.07) is 5.85. The molecule has 1 aromatic rings. The highest BCUT2D eigenvalue weighted by molar-refractivity contribution is 5.97. The first-order valence-electron chi connectivity index (χ1n) is 7.49. The second-order valence-corrected chi connectivity index (χ2v) is 5.79. The van der Waals surface area contributed by atoms with Crippen LogP contribution < -0.4 is 5.32 Å². The Morgan fingerprint density at radius 3 is 2.55 bits per heavy atom. The fraction of sp³-hybridized carbons (Fsp3) is 0.412. The van der Waals surface area contributed by atoms with Gasteiger partial charge in [-0.1, -0.05) is 37.3 Å². The first kappa shape index (κ1) is 14.8. The lowest BCUT2D eigenvalue weighted by molar-refractivity contribution is -0.145. The molecule has 1 amide bonds. The molecule has 2 heterocycles. The van der Waals surface area contributed by atoms with Gasteiger partial charge in [-0.25, -0.2) is 0 Å². The van der Waals surface area contributed by atoms with E-state index in [-0.39, 0.29) is 5.91 Å². The number of anilines is 1. The van der Waals surface area contributed by atoms with Gasteiger partial charge in [0.15, 0.2) is 0 Å². The van der Waals surface area contributed by atoms with Crippen LogP contribution in [0.15, 0.2) is 30.4 Å². The lowest BCUT2D eigenvalue weighted by atomic mass is 9.82. The molecule has 2 aliphatic rings. The van der Waals surface area contributed by atoms with Crippen LogP contribution in [0.5, 0.6) is 0 Å². The van der Waals surface area contributed by atoms with Gasteiger partial charge in [-0.2, -0.15) is 0 Å². The molecule has 1 fully saturated rings. The standard InChI is InChI=1S/C17H19NO4/c1-3-10-6-4-5-9(2)15(10)18-16(19)13-11-7-8-12(22-11)14(13)17(20)21/h4-8,11-14H,3H2,1-2H3,(H,18,19)(H,20,21)/t11-,12+,13+,14-/m0/s1. The summed E-state index contributed by atoms with van der Waals surface area (Å²) >= 11 is 0. The summed E-state index contributed by atoms with van der Waals surface area (Å²) in [7, 11) is 0. The van der Waals surface area contributed by atoms with E-state index < -0.39 is 30.0 Å². The zero-order valence-electron chi connectivity index (χ0n) is 12.6. The van der Waals surface area contributed by atoms with Crippen LogP contribution in [-0.2, 0) is 20.7 Å². The number of carbonyl (C=O) groups excluding carboxylic acids is 1. The van der Waals surface area contributed by atoms with Gasteiger partial charge in [0, 0.05) is 5.69 Å². The van der Waals surface area contributed by atoms with E-state index >= 15 is 0 Å². The minimum absolute atomic E-state index is 0.284. The Morgan fingerprint density at radius 1 is 1.23 bits per heavy atom. The minimum atomic E-state index is -0.988. The molecule has 3 rings (SSSR count). The first-order valence-corrected chi connectivity index (χ1v) is 7.49. The number of amides is 1. The smallest absolute Gasteiger partial charge is 0.310 e. The molecule has 116 valence electrons. The molecule has 22 heavy (non-hydrogen) atoms. The average molecular weight is 301 g/mol. The van der Waals surface area contributed by atoms with Gasteiger partial charge < -0.3 is 15.2 Å². The molecule has 2 bridgehead atoms. The van der Waals surface area contributed by atoms with Crippen molar-refractivity contribution in [3.05, 3.63) is 41.5 Å². The highest BCUT2D eigenvalue weighted by atomic mass is 16.5. The Kier molecular flexibility index (Phi) is 3.74. The second-order valence-electron chi connectivity index (χ2n) is 5.79. The van der Waals surface area contributed by atoms with Gasteiger partial charge in [0.1, 0.15) is 5.92 Å². The molecular formula is C17H19NO4. The highest BCUT2D eigenvalue weighted by Gasteiger charge is 2.53. The van der Waals surface area contributed by atoms with Crippen molar-refractivity contribution in [2.45, 2.75) is 32.5 Å². The number of hydrogen-bond acceptors (Lipinski definition) is 3. The Morgan fingerprint density at radius 2 is 1.91 bits per heavy atom. The summed E-state index contributed by atoms with van der Waals surface area (Å²) in [4.78, 5) is 24.1. The van der Waals surface area contributed by atoms with Gasteiger partial charge in [-0.05, 0) is 24.5 Å². The van der Waals surface area contributed by atoms with Crippen molar-refractivity contribution < 1.29 is 19.4 Å². The Labute approximate surface area is 129 Å². The third-order valence-corrected chi connectivity index (χ3v) is 4.48. The molecule has 0 unspecified atom stereocenters. The van der Waals surface area contributed by atoms with Crippen molar-refractivity contribution in [3.63, 3.8) is 0 Å². The van der Waals surface area contributed by atoms with Crippen molar-refractivity contribution in [2.24, 2.45) is 11.8 Å². The molecule has 1 saturated heterocycles. The number of fused-ring (bicyclic) bond motifs is 2. The molecule has 0 aromatic heterocycles. The van der Waals surface area contributed by atoms with Crippen LogP contribution >= 0.6 is 0 Å². The molecule has 0 aliphatic carbocycles. The van der Waals surface area contributed by atoms with Crippen molar-refractivity contribution >= 4 is 17.6 Å². The quantitative estimate of drug-likeness (QED) is 0.836. The van der Waals surface area contributed by atoms with E-state index in [0.717, 1.165) is 23.2 Å². The number of aliphatic carboxylic acids is 1. The summed E-state index contributed by atoms with van der Waals surface area (Å²) in [6.07, 6.45) is 3.37. The van der Waals surface area contributed by atoms with Crippen LogP contribution in [-0.4, -0.2) is 29.2 Å².